The Kier molecular flexibility index (Phi) is 5.54. The first-order chi connectivity index (χ1) is 9.36. The van der Waals surface area contributed by atoms with Crippen molar-refractivity contribution in [2.75, 3.05) is 19.6 Å². The molecule has 1 aromatic heterocycles. The van der Waals surface area contributed by atoms with E-state index in [0.717, 1.165) is 26.2 Å². The summed E-state index contributed by atoms with van der Waals surface area (Å²) in [6, 6.07) is 10.8. The molecule has 1 aromatic carbocycles. The first-order valence-corrected chi connectivity index (χ1v) is 7.59. The van der Waals surface area contributed by atoms with Crippen LogP contribution in [0.4, 0.5) is 0 Å². The molecule has 108 valence electrons. The second kappa shape index (κ2) is 7.18. The van der Waals surface area contributed by atoms with E-state index in [4.69, 9.17) is 5.73 Å². The highest BCUT2D eigenvalue weighted by Crippen LogP contribution is 2.32. The summed E-state index contributed by atoms with van der Waals surface area (Å²) in [5.74, 6) is 1.13. The smallest absolute Gasteiger partial charge is 0.0794 e. The number of halogens is 1. The molecule has 2 heterocycles. The van der Waals surface area contributed by atoms with Gasteiger partial charge in [0, 0.05) is 36.6 Å². The summed E-state index contributed by atoms with van der Waals surface area (Å²) in [4.78, 5) is 7.99. The van der Waals surface area contributed by atoms with Crippen molar-refractivity contribution in [3.8, 4) is 0 Å². The van der Waals surface area contributed by atoms with Crippen molar-refractivity contribution < 1.29 is 0 Å². The molecule has 1 aliphatic rings. The number of benzene rings is 1. The Morgan fingerprint density at radius 1 is 1.25 bits per heavy atom. The van der Waals surface area contributed by atoms with Crippen LogP contribution >= 0.6 is 23.7 Å². The van der Waals surface area contributed by atoms with Gasteiger partial charge in [-0.2, -0.15) is 0 Å². The number of rotatable bonds is 4. The number of aromatic nitrogens is 1. The minimum absolute atomic E-state index is 0. The molecule has 0 aliphatic carbocycles. The number of likely N-dealkylation sites (tertiary alicyclic amines) is 1. The van der Waals surface area contributed by atoms with Gasteiger partial charge in [0.25, 0.3) is 0 Å². The normalized spacial score (nSPS) is 22.6. The van der Waals surface area contributed by atoms with Gasteiger partial charge in [-0.25, -0.2) is 0 Å². The van der Waals surface area contributed by atoms with E-state index in [-0.39, 0.29) is 12.4 Å². The molecule has 0 bridgehead atoms. The Balaban J connectivity index is 0.00000147. The summed E-state index contributed by atoms with van der Waals surface area (Å²) >= 11 is 1.73. The van der Waals surface area contributed by atoms with E-state index in [2.05, 4.69) is 40.2 Å². The van der Waals surface area contributed by atoms with Crippen LogP contribution in [0.25, 0.3) is 0 Å². The Hall–Kier alpha value is -0.940. The summed E-state index contributed by atoms with van der Waals surface area (Å²) in [7, 11) is 0. The van der Waals surface area contributed by atoms with E-state index in [1.54, 1.807) is 11.3 Å². The lowest BCUT2D eigenvalue weighted by Gasteiger charge is -2.16. The molecule has 0 radical (unpaired) electrons. The highest BCUT2D eigenvalue weighted by atomic mass is 35.5. The predicted molar refractivity (Wildman–Crippen MR) is 86.4 cm³/mol. The van der Waals surface area contributed by atoms with Crippen molar-refractivity contribution in [1.82, 2.24) is 9.88 Å². The zero-order valence-corrected chi connectivity index (χ0v) is 12.9. The van der Waals surface area contributed by atoms with Gasteiger partial charge in [0.1, 0.15) is 0 Å². The molecule has 1 fully saturated rings. The van der Waals surface area contributed by atoms with Crippen LogP contribution in [0.5, 0.6) is 0 Å². The van der Waals surface area contributed by atoms with Crippen molar-refractivity contribution in [2.45, 2.75) is 12.5 Å². The first-order valence-electron chi connectivity index (χ1n) is 6.71. The SMILES string of the molecule is Cl.NC[C@@H]1CN(Cc2cncs2)C[C@H]1c1ccccc1. The molecule has 0 amide bonds. The molecular weight excluding hydrogens is 290 g/mol. The molecular formula is C15H20ClN3S. The highest BCUT2D eigenvalue weighted by Gasteiger charge is 2.32. The lowest BCUT2D eigenvalue weighted by atomic mass is 9.89. The van der Waals surface area contributed by atoms with Crippen LogP contribution in [0, 0.1) is 5.92 Å². The third kappa shape index (κ3) is 3.38. The standard InChI is InChI=1S/C15H19N3S.ClH/c16-6-13-8-18(9-14-7-17-11-19-14)10-15(13)12-4-2-1-3-5-12;/h1-5,7,11,13,15H,6,8-10,16H2;1H/t13-,15+;/m1./s1. The van der Waals surface area contributed by atoms with Crippen LogP contribution in [0.3, 0.4) is 0 Å². The summed E-state index contributed by atoms with van der Waals surface area (Å²) in [6.07, 6.45) is 1.97. The van der Waals surface area contributed by atoms with Crippen LogP contribution in [-0.2, 0) is 6.54 Å². The topological polar surface area (TPSA) is 42.1 Å². The molecule has 20 heavy (non-hydrogen) atoms. The monoisotopic (exact) mass is 309 g/mol. The number of nitrogens with zero attached hydrogens (tertiary/aromatic N) is 2. The first kappa shape index (κ1) is 15.4. The van der Waals surface area contributed by atoms with Gasteiger partial charge in [0.2, 0.25) is 0 Å². The van der Waals surface area contributed by atoms with E-state index < -0.39 is 0 Å². The van der Waals surface area contributed by atoms with Gasteiger partial charge in [-0.3, -0.25) is 9.88 Å². The molecule has 2 atom stereocenters. The summed E-state index contributed by atoms with van der Waals surface area (Å²) in [5.41, 5.74) is 9.29. The van der Waals surface area contributed by atoms with Gasteiger partial charge in [-0.15, -0.1) is 23.7 Å². The van der Waals surface area contributed by atoms with E-state index in [1.807, 2.05) is 11.7 Å². The minimum atomic E-state index is 0. The van der Waals surface area contributed by atoms with E-state index >= 15 is 0 Å². The second-order valence-electron chi connectivity index (χ2n) is 5.17. The lowest BCUT2D eigenvalue weighted by molar-refractivity contribution is 0.319. The second-order valence-corrected chi connectivity index (χ2v) is 6.15. The number of hydrogen-bond donors (Lipinski definition) is 1. The van der Waals surface area contributed by atoms with Crippen LogP contribution in [-0.4, -0.2) is 29.5 Å². The molecule has 3 nitrogen and oxygen atoms in total. The summed E-state index contributed by atoms with van der Waals surface area (Å²) in [5, 5.41) is 0. The largest absolute Gasteiger partial charge is 0.330 e. The van der Waals surface area contributed by atoms with Gasteiger partial charge in [-0.05, 0) is 18.0 Å². The van der Waals surface area contributed by atoms with Gasteiger partial charge in [0.15, 0.2) is 0 Å². The molecule has 3 rings (SSSR count). The number of nitrogens with two attached hydrogens (primary N) is 1. The molecule has 0 unspecified atom stereocenters. The third-order valence-electron chi connectivity index (χ3n) is 3.91. The molecule has 1 aliphatic heterocycles. The molecule has 5 heteroatoms. The quantitative estimate of drug-likeness (QED) is 0.944. The minimum Gasteiger partial charge on any atom is -0.330 e. The average molecular weight is 310 g/mol. The Labute approximate surface area is 130 Å². The van der Waals surface area contributed by atoms with Gasteiger partial charge >= 0.3 is 0 Å². The maximum absolute atomic E-state index is 5.96. The van der Waals surface area contributed by atoms with Crippen LogP contribution in [0.1, 0.15) is 16.4 Å². The van der Waals surface area contributed by atoms with Crippen molar-refractivity contribution >= 4 is 23.7 Å². The zero-order chi connectivity index (χ0) is 13.1. The van der Waals surface area contributed by atoms with Gasteiger partial charge in [0.05, 0.1) is 5.51 Å². The Bertz CT molecular complexity index is 503. The van der Waals surface area contributed by atoms with Crippen molar-refractivity contribution in [2.24, 2.45) is 11.7 Å². The van der Waals surface area contributed by atoms with Crippen molar-refractivity contribution in [3.05, 3.63) is 52.5 Å². The fourth-order valence-electron chi connectivity index (χ4n) is 2.95. The number of thiazole rings is 1. The predicted octanol–water partition coefficient (Wildman–Crippen LogP) is 2.74. The average Bonchev–Trinajstić information content (AvgIpc) is 3.09. The summed E-state index contributed by atoms with van der Waals surface area (Å²) in [6.45, 7) is 3.96. The fourth-order valence-corrected chi connectivity index (χ4v) is 3.58. The highest BCUT2D eigenvalue weighted by molar-refractivity contribution is 7.09. The maximum atomic E-state index is 5.96. The van der Waals surface area contributed by atoms with Crippen LogP contribution in [0.15, 0.2) is 42.0 Å². The third-order valence-corrected chi connectivity index (χ3v) is 4.67. The van der Waals surface area contributed by atoms with Crippen LogP contribution < -0.4 is 5.73 Å². The zero-order valence-electron chi connectivity index (χ0n) is 11.3. The van der Waals surface area contributed by atoms with E-state index in [1.165, 1.54) is 10.4 Å². The number of hydrogen-bond acceptors (Lipinski definition) is 4. The molecule has 1 saturated heterocycles. The molecule has 2 N–H and O–H groups in total. The molecule has 2 aromatic rings. The molecule has 0 spiro atoms. The Morgan fingerprint density at radius 3 is 2.70 bits per heavy atom. The van der Waals surface area contributed by atoms with Crippen LogP contribution in [0.2, 0.25) is 0 Å². The van der Waals surface area contributed by atoms with Gasteiger partial charge < -0.3 is 5.73 Å². The summed E-state index contributed by atoms with van der Waals surface area (Å²) < 4.78 is 0. The van der Waals surface area contributed by atoms with Crippen molar-refractivity contribution in [3.63, 3.8) is 0 Å². The van der Waals surface area contributed by atoms with Gasteiger partial charge in [-0.1, -0.05) is 30.3 Å². The fraction of sp³-hybridized carbons (Fsp3) is 0.400. The maximum Gasteiger partial charge on any atom is 0.0794 e. The lowest BCUT2D eigenvalue weighted by Crippen LogP contribution is -2.22. The van der Waals surface area contributed by atoms with E-state index in [9.17, 15) is 0 Å². The van der Waals surface area contributed by atoms with Crippen molar-refractivity contribution in [1.29, 1.82) is 0 Å². The Morgan fingerprint density at radius 2 is 2.05 bits per heavy atom. The van der Waals surface area contributed by atoms with E-state index in [0.29, 0.717) is 11.8 Å². The molecule has 0 saturated carbocycles.